The third kappa shape index (κ3) is 1.27. The standard InChI is InChI=1S/C7H11F2NO.C2H6/c1-10-4-6(5(10)2-11)3-7(6,8)9;1-2/h5,11H,2-4H2,1H3;1-2H3. The highest BCUT2D eigenvalue weighted by molar-refractivity contribution is 5.23. The predicted molar refractivity (Wildman–Crippen MR) is 46.8 cm³/mol. The number of rotatable bonds is 1. The maximum atomic E-state index is 12.7. The molecule has 1 saturated heterocycles. The van der Waals surface area contributed by atoms with Crippen LogP contribution in [0.5, 0.6) is 0 Å². The van der Waals surface area contributed by atoms with Crippen LogP contribution < -0.4 is 0 Å². The van der Waals surface area contributed by atoms with Crippen molar-refractivity contribution in [2.45, 2.75) is 32.2 Å². The van der Waals surface area contributed by atoms with Crippen molar-refractivity contribution in [2.75, 3.05) is 20.2 Å². The van der Waals surface area contributed by atoms with E-state index in [0.29, 0.717) is 6.54 Å². The molecular weight excluding hydrogens is 176 g/mol. The van der Waals surface area contributed by atoms with Crippen molar-refractivity contribution in [2.24, 2.45) is 5.41 Å². The number of hydrogen-bond donors (Lipinski definition) is 1. The van der Waals surface area contributed by atoms with Gasteiger partial charge in [0.1, 0.15) is 0 Å². The van der Waals surface area contributed by atoms with Gasteiger partial charge in [-0.2, -0.15) is 0 Å². The first-order chi connectivity index (χ1) is 6.03. The van der Waals surface area contributed by atoms with Crippen LogP contribution in [-0.2, 0) is 0 Å². The van der Waals surface area contributed by atoms with Crippen LogP contribution in [0.3, 0.4) is 0 Å². The largest absolute Gasteiger partial charge is 0.395 e. The smallest absolute Gasteiger partial charge is 0.257 e. The first kappa shape index (κ1) is 10.9. The van der Waals surface area contributed by atoms with Crippen molar-refractivity contribution in [3.05, 3.63) is 0 Å². The van der Waals surface area contributed by atoms with Gasteiger partial charge in [-0.25, -0.2) is 8.78 Å². The first-order valence-corrected chi connectivity index (χ1v) is 4.72. The van der Waals surface area contributed by atoms with Crippen LogP contribution in [0.2, 0.25) is 0 Å². The van der Waals surface area contributed by atoms with Gasteiger partial charge in [-0.1, -0.05) is 13.8 Å². The summed E-state index contributed by atoms with van der Waals surface area (Å²) in [5.41, 5.74) is -0.851. The minimum atomic E-state index is -2.51. The molecule has 2 nitrogen and oxygen atoms in total. The van der Waals surface area contributed by atoms with Gasteiger partial charge in [0.05, 0.1) is 12.0 Å². The average Bonchev–Trinajstić information content (AvgIpc) is 2.60. The van der Waals surface area contributed by atoms with E-state index in [-0.39, 0.29) is 19.1 Å². The molecule has 0 bridgehead atoms. The summed E-state index contributed by atoms with van der Waals surface area (Å²) in [6, 6.07) is -0.308. The molecule has 2 rings (SSSR count). The summed E-state index contributed by atoms with van der Waals surface area (Å²) in [4.78, 5) is 1.78. The molecule has 1 N–H and O–H groups in total. The molecule has 1 saturated carbocycles. The van der Waals surface area contributed by atoms with Crippen molar-refractivity contribution in [3.8, 4) is 0 Å². The third-order valence-corrected chi connectivity index (χ3v) is 3.02. The Kier molecular flexibility index (Phi) is 2.65. The molecule has 1 aliphatic carbocycles. The van der Waals surface area contributed by atoms with Gasteiger partial charge >= 0.3 is 0 Å². The fourth-order valence-corrected chi connectivity index (χ4v) is 2.17. The van der Waals surface area contributed by atoms with Gasteiger partial charge in [0.2, 0.25) is 0 Å². The number of likely N-dealkylation sites (tertiary alicyclic amines) is 1. The summed E-state index contributed by atoms with van der Waals surface area (Å²) in [7, 11) is 1.76. The minimum Gasteiger partial charge on any atom is -0.395 e. The molecule has 78 valence electrons. The average molecular weight is 193 g/mol. The molecule has 2 unspecified atom stereocenters. The molecule has 1 aliphatic heterocycles. The second kappa shape index (κ2) is 3.17. The van der Waals surface area contributed by atoms with E-state index in [9.17, 15) is 8.78 Å². The first-order valence-electron chi connectivity index (χ1n) is 4.72. The maximum absolute atomic E-state index is 12.7. The van der Waals surface area contributed by atoms with Crippen LogP contribution >= 0.6 is 0 Å². The Morgan fingerprint density at radius 2 is 1.92 bits per heavy atom. The molecule has 2 atom stereocenters. The fraction of sp³-hybridized carbons (Fsp3) is 1.00. The zero-order chi connectivity index (χ0) is 10.3. The Hall–Kier alpha value is -0.220. The zero-order valence-corrected chi connectivity index (χ0v) is 8.35. The van der Waals surface area contributed by atoms with Crippen LogP contribution in [0.4, 0.5) is 8.78 Å². The lowest BCUT2D eigenvalue weighted by Gasteiger charge is -2.45. The van der Waals surface area contributed by atoms with Crippen molar-refractivity contribution in [3.63, 3.8) is 0 Å². The van der Waals surface area contributed by atoms with Crippen LogP contribution in [0.15, 0.2) is 0 Å². The van der Waals surface area contributed by atoms with E-state index in [1.807, 2.05) is 13.8 Å². The minimum absolute atomic E-state index is 0.0322. The summed E-state index contributed by atoms with van der Waals surface area (Å²) >= 11 is 0. The van der Waals surface area contributed by atoms with E-state index in [0.717, 1.165) is 0 Å². The van der Waals surface area contributed by atoms with E-state index < -0.39 is 11.3 Å². The lowest BCUT2D eigenvalue weighted by molar-refractivity contribution is -0.0824. The Balaban J connectivity index is 0.000000396. The van der Waals surface area contributed by atoms with Gasteiger partial charge in [0.25, 0.3) is 5.92 Å². The molecule has 0 aromatic carbocycles. The van der Waals surface area contributed by atoms with Gasteiger partial charge in [0.15, 0.2) is 0 Å². The Bertz CT molecular complexity index is 198. The number of aliphatic hydroxyl groups excluding tert-OH is 1. The van der Waals surface area contributed by atoms with Crippen LogP contribution in [0, 0.1) is 5.41 Å². The van der Waals surface area contributed by atoms with Gasteiger partial charge in [0, 0.05) is 19.0 Å². The quantitative estimate of drug-likeness (QED) is 0.679. The van der Waals surface area contributed by atoms with Gasteiger partial charge < -0.3 is 5.11 Å². The second-order valence-electron chi connectivity index (χ2n) is 3.65. The van der Waals surface area contributed by atoms with E-state index in [1.165, 1.54) is 0 Å². The van der Waals surface area contributed by atoms with Crippen molar-refractivity contribution >= 4 is 0 Å². The number of likely N-dealkylation sites (N-methyl/N-ethyl adjacent to an activating group) is 1. The van der Waals surface area contributed by atoms with Gasteiger partial charge in [-0.05, 0) is 7.05 Å². The van der Waals surface area contributed by atoms with Gasteiger partial charge in [-0.3, -0.25) is 4.90 Å². The Morgan fingerprint density at radius 3 is 2.08 bits per heavy atom. The highest BCUT2D eigenvalue weighted by Gasteiger charge is 2.79. The van der Waals surface area contributed by atoms with Crippen LogP contribution in [0.25, 0.3) is 0 Å². The molecule has 0 aromatic heterocycles. The highest BCUT2D eigenvalue weighted by atomic mass is 19.3. The SMILES string of the molecule is CC.CN1CC2(CC2(F)F)C1CO. The Morgan fingerprint density at radius 1 is 1.46 bits per heavy atom. The summed E-state index contributed by atoms with van der Waals surface area (Å²) in [5.74, 6) is -2.51. The summed E-state index contributed by atoms with van der Waals surface area (Å²) in [6.07, 6.45) is -0.0322. The molecular formula is C9H17F2NO. The molecule has 2 fully saturated rings. The lowest BCUT2D eigenvalue weighted by atomic mass is 9.85. The summed E-state index contributed by atoms with van der Waals surface area (Å²) < 4.78 is 25.4. The lowest BCUT2D eigenvalue weighted by Crippen LogP contribution is -2.60. The molecule has 0 radical (unpaired) electrons. The number of halogens is 2. The third-order valence-electron chi connectivity index (χ3n) is 3.02. The Labute approximate surface area is 77.5 Å². The second-order valence-corrected chi connectivity index (χ2v) is 3.65. The fourth-order valence-electron chi connectivity index (χ4n) is 2.17. The molecule has 13 heavy (non-hydrogen) atoms. The predicted octanol–water partition coefficient (Wildman–Crippen LogP) is 1.34. The van der Waals surface area contributed by atoms with E-state index in [1.54, 1.807) is 11.9 Å². The molecule has 2 aliphatic rings. The topological polar surface area (TPSA) is 23.5 Å². The van der Waals surface area contributed by atoms with Crippen molar-refractivity contribution < 1.29 is 13.9 Å². The van der Waals surface area contributed by atoms with Crippen molar-refractivity contribution in [1.82, 2.24) is 4.90 Å². The molecule has 0 amide bonds. The number of hydrogen-bond acceptors (Lipinski definition) is 2. The zero-order valence-electron chi connectivity index (χ0n) is 8.35. The normalized spacial score (nSPS) is 40.6. The highest BCUT2D eigenvalue weighted by Crippen LogP contribution is 2.67. The van der Waals surface area contributed by atoms with Gasteiger partial charge in [-0.15, -0.1) is 0 Å². The van der Waals surface area contributed by atoms with E-state index >= 15 is 0 Å². The van der Waals surface area contributed by atoms with E-state index in [2.05, 4.69) is 0 Å². The summed E-state index contributed by atoms with van der Waals surface area (Å²) in [5, 5.41) is 8.79. The summed E-state index contributed by atoms with van der Waals surface area (Å²) in [6.45, 7) is 4.29. The molecule has 1 spiro atoms. The number of nitrogens with zero attached hydrogens (tertiary/aromatic N) is 1. The maximum Gasteiger partial charge on any atom is 0.257 e. The molecule has 4 heteroatoms. The van der Waals surface area contributed by atoms with Crippen LogP contribution in [-0.4, -0.2) is 42.2 Å². The van der Waals surface area contributed by atoms with Crippen LogP contribution in [0.1, 0.15) is 20.3 Å². The van der Waals surface area contributed by atoms with Crippen molar-refractivity contribution in [1.29, 1.82) is 0 Å². The molecule has 0 aromatic rings. The number of aliphatic hydroxyl groups is 1. The monoisotopic (exact) mass is 193 g/mol. The molecule has 1 heterocycles. The van der Waals surface area contributed by atoms with E-state index in [4.69, 9.17) is 5.11 Å². The number of alkyl halides is 2.